The van der Waals surface area contributed by atoms with Crippen LogP contribution in [0.2, 0.25) is 5.02 Å². The standard InChI is InChI=1S/C19H22ClN3O6S/c1-8-14(24)23-16-18(27,15(25)19(23,30-6)17(26)21(8)2)9-7-10(20)12(28-4)13(29-5)11(9)22(16)3/h7,15-16,25,27H,1H2,2-6H3/t15-,16-,18-,19?/m1/s1. The number of methoxy groups -OCH3 is 2. The zero-order valence-corrected chi connectivity index (χ0v) is 18.7. The van der Waals surface area contributed by atoms with Crippen LogP contribution in [0.3, 0.4) is 0 Å². The van der Waals surface area contributed by atoms with E-state index in [1.54, 1.807) is 18.2 Å². The molecule has 3 heterocycles. The Morgan fingerprint density at radius 3 is 2.37 bits per heavy atom. The smallest absolute Gasteiger partial charge is 0.273 e. The van der Waals surface area contributed by atoms with Crippen LogP contribution in [-0.4, -0.2) is 83.5 Å². The van der Waals surface area contributed by atoms with Crippen molar-refractivity contribution in [2.24, 2.45) is 0 Å². The molecule has 0 spiro atoms. The topological polar surface area (TPSA) is 103 Å². The van der Waals surface area contributed by atoms with Gasteiger partial charge < -0.3 is 29.5 Å². The fourth-order valence-electron chi connectivity index (χ4n) is 4.89. The zero-order valence-electron chi connectivity index (χ0n) is 17.1. The summed E-state index contributed by atoms with van der Waals surface area (Å²) in [4.78, 5) is 28.8. The molecule has 2 saturated heterocycles. The summed E-state index contributed by atoms with van der Waals surface area (Å²) in [5, 5.41) is 23.5. The van der Waals surface area contributed by atoms with E-state index in [1.807, 2.05) is 0 Å². The number of likely N-dealkylation sites (N-methyl/N-ethyl adjacent to an activating group) is 2. The van der Waals surface area contributed by atoms with Gasteiger partial charge >= 0.3 is 0 Å². The van der Waals surface area contributed by atoms with Gasteiger partial charge in [-0.15, -0.1) is 11.8 Å². The minimum absolute atomic E-state index is 0.0481. The van der Waals surface area contributed by atoms with Gasteiger partial charge in [-0.25, -0.2) is 0 Å². The lowest BCUT2D eigenvalue weighted by molar-refractivity contribution is -0.154. The summed E-state index contributed by atoms with van der Waals surface area (Å²) in [7, 11) is 5.92. The van der Waals surface area contributed by atoms with Gasteiger partial charge in [0, 0.05) is 19.7 Å². The third kappa shape index (κ3) is 2.02. The van der Waals surface area contributed by atoms with Crippen LogP contribution in [-0.2, 0) is 15.2 Å². The van der Waals surface area contributed by atoms with E-state index in [1.165, 1.54) is 32.2 Å². The summed E-state index contributed by atoms with van der Waals surface area (Å²) in [6.07, 6.45) is -1.15. The maximum Gasteiger partial charge on any atom is 0.273 e. The van der Waals surface area contributed by atoms with E-state index in [2.05, 4.69) is 6.58 Å². The minimum atomic E-state index is -2.02. The van der Waals surface area contributed by atoms with Crippen molar-refractivity contribution in [1.82, 2.24) is 9.80 Å². The second-order valence-electron chi connectivity index (χ2n) is 7.42. The number of hydrogen-bond acceptors (Lipinski definition) is 8. The molecule has 11 heteroatoms. The highest BCUT2D eigenvalue weighted by Crippen LogP contribution is 2.63. The van der Waals surface area contributed by atoms with Gasteiger partial charge in [0.25, 0.3) is 11.8 Å². The van der Waals surface area contributed by atoms with Crippen LogP contribution in [0.25, 0.3) is 0 Å². The van der Waals surface area contributed by atoms with Crippen LogP contribution in [0.5, 0.6) is 11.5 Å². The number of aliphatic hydroxyl groups is 2. The summed E-state index contributed by atoms with van der Waals surface area (Å²) >= 11 is 7.36. The molecule has 0 aromatic heterocycles. The van der Waals surface area contributed by atoms with Crippen molar-refractivity contribution in [2.75, 3.05) is 39.5 Å². The Balaban J connectivity index is 2.05. The molecule has 162 valence electrons. The highest BCUT2D eigenvalue weighted by Gasteiger charge is 2.77. The maximum atomic E-state index is 13.3. The van der Waals surface area contributed by atoms with E-state index < -0.39 is 34.6 Å². The second kappa shape index (κ2) is 6.43. The van der Waals surface area contributed by atoms with Crippen molar-refractivity contribution in [3.05, 3.63) is 28.9 Å². The molecule has 0 aliphatic carbocycles. The highest BCUT2D eigenvalue weighted by atomic mass is 35.5. The van der Waals surface area contributed by atoms with Gasteiger partial charge in [-0.05, 0) is 12.3 Å². The Kier molecular flexibility index (Phi) is 4.52. The molecule has 1 aromatic carbocycles. The SMILES string of the molecule is C=C1C(=O)N2[C@H]3N(C)c4c(cc(Cl)c(OC)c4OC)[C@@]3(O)[C@@H](O)C2(SC)C(=O)N1C. The van der Waals surface area contributed by atoms with Crippen LogP contribution in [0.15, 0.2) is 18.3 Å². The summed E-state index contributed by atoms with van der Waals surface area (Å²) in [6, 6.07) is 1.47. The first-order chi connectivity index (χ1) is 14.0. The number of anilines is 1. The summed E-state index contributed by atoms with van der Waals surface area (Å²) in [6.45, 7) is 3.72. The number of nitrogens with zero attached hydrogens (tertiary/aromatic N) is 3. The number of carbonyl (C=O) groups excluding carboxylic acids is 2. The number of ether oxygens (including phenoxy) is 2. The quantitative estimate of drug-likeness (QED) is 0.638. The Hall–Kier alpha value is -2.14. The van der Waals surface area contributed by atoms with E-state index in [0.29, 0.717) is 5.69 Å². The highest BCUT2D eigenvalue weighted by molar-refractivity contribution is 8.00. The Labute approximate surface area is 182 Å². The lowest BCUT2D eigenvalue weighted by Gasteiger charge is -2.47. The molecular weight excluding hydrogens is 434 g/mol. The van der Waals surface area contributed by atoms with Crippen molar-refractivity contribution in [3.63, 3.8) is 0 Å². The molecule has 4 rings (SSSR count). The number of fused-ring (bicyclic) bond motifs is 5. The molecule has 3 aliphatic heterocycles. The van der Waals surface area contributed by atoms with E-state index in [0.717, 1.165) is 16.7 Å². The Bertz CT molecular complexity index is 1000. The Morgan fingerprint density at radius 2 is 1.83 bits per heavy atom. The molecule has 9 nitrogen and oxygen atoms in total. The maximum absolute atomic E-state index is 13.3. The van der Waals surface area contributed by atoms with Gasteiger partial charge in [0.05, 0.1) is 24.9 Å². The number of thioether (sulfide) groups is 1. The van der Waals surface area contributed by atoms with Crippen molar-refractivity contribution < 1.29 is 29.3 Å². The van der Waals surface area contributed by atoms with Crippen molar-refractivity contribution in [1.29, 1.82) is 0 Å². The average molecular weight is 456 g/mol. The van der Waals surface area contributed by atoms with Gasteiger partial charge in [0.1, 0.15) is 18.0 Å². The van der Waals surface area contributed by atoms with Crippen molar-refractivity contribution in [3.8, 4) is 11.5 Å². The van der Waals surface area contributed by atoms with E-state index >= 15 is 0 Å². The van der Waals surface area contributed by atoms with Crippen LogP contribution in [0.1, 0.15) is 5.56 Å². The largest absolute Gasteiger partial charge is 0.491 e. The molecule has 4 atom stereocenters. The number of amides is 2. The number of halogens is 1. The monoisotopic (exact) mass is 455 g/mol. The molecule has 2 amide bonds. The first-order valence-corrected chi connectivity index (χ1v) is 10.6. The number of benzene rings is 1. The Morgan fingerprint density at radius 1 is 1.23 bits per heavy atom. The van der Waals surface area contributed by atoms with Crippen molar-refractivity contribution >= 4 is 40.9 Å². The molecule has 0 saturated carbocycles. The first-order valence-electron chi connectivity index (χ1n) is 8.99. The number of hydrogen-bond donors (Lipinski definition) is 2. The molecule has 2 fully saturated rings. The summed E-state index contributed by atoms with van der Waals surface area (Å²) < 4.78 is 10.9. The van der Waals surface area contributed by atoms with Crippen LogP contribution in [0, 0.1) is 0 Å². The van der Waals surface area contributed by atoms with E-state index in [4.69, 9.17) is 21.1 Å². The normalized spacial score (nSPS) is 32.4. The zero-order chi connectivity index (χ0) is 22.3. The lowest BCUT2D eigenvalue weighted by atomic mass is 9.87. The van der Waals surface area contributed by atoms with Crippen LogP contribution < -0.4 is 14.4 Å². The summed E-state index contributed by atoms with van der Waals surface area (Å²) in [5.74, 6) is -0.609. The van der Waals surface area contributed by atoms with Gasteiger partial charge in [-0.3, -0.25) is 14.5 Å². The molecule has 1 unspecified atom stereocenters. The number of aliphatic hydroxyl groups excluding tert-OH is 1. The third-order valence-corrected chi connectivity index (χ3v) is 7.80. The van der Waals surface area contributed by atoms with Crippen LogP contribution >= 0.6 is 23.4 Å². The number of piperazine rings is 1. The van der Waals surface area contributed by atoms with Gasteiger partial charge in [-0.2, -0.15) is 0 Å². The predicted molar refractivity (Wildman–Crippen MR) is 112 cm³/mol. The minimum Gasteiger partial charge on any atom is -0.491 e. The van der Waals surface area contributed by atoms with Crippen LogP contribution in [0.4, 0.5) is 5.69 Å². The molecule has 30 heavy (non-hydrogen) atoms. The third-order valence-electron chi connectivity index (χ3n) is 6.30. The fraction of sp³-hybridized carbons (Fsp3) is 0.474. The van der Waals surface area contributed by atoms with Crippen molar-refractivity contribution in [2.45, 2.75) is 22.7 Å². The lowest BCUT2D eigenvalue weighted by Crippen LogP contribution is -2.67. The number of rotatable bonds is 3. The van der Waals surface area contributed by atoms with E-state index in [-0.39, 0.29) is 27.8 Å². The predicted octanol–water partition coefficient (Wildman–Crippen LogP) is 0.569. The number of carbonyl (C=O) groups is 2. The molecule has 3 aliphatic rings. The van der Waals surface area contributed by atoms with Gasteiger partial charge in [0.2, 0.25) is 0 Å². The average Bonchev–Trinajstić information content (AvgIpc) is 3.07. The molecule has 2 N–H and O–H groups in total. The molecule has 0 radical (unpaired) electrons. The van der Waals surface area contributed by atoms with Gasteiger partial charge in [0.15, 0.2) is 22.0 Å². The molecule has 1 aromatic rings. The van der Waals surface area contributed by atoms with Gasteiger partial charge in [-0.1, -0.05) is 18.2 Å². The fourth-order valence-corrected chi connectivity index (χ4v) is 6.25. The van der Waals surface area contributed by atoms with E-state index in [9.17, 15) is 19.8 Å². The molecule has 0 bridgehead atoms. The second-order valence-corrected chi connectivity index (χ2v) is 8.86. The molecular formula is C19H22ClN3O6S. The summed E-state index contributed by atoms with van der Waals surface area (Å²) in [5.41, 5.74) is -1.42. The first kappa shape index (κ1) is 21.1.